The average Bonchev–Trinajstić information content (AvgIpc) is 2.68. The molecule has 3 rings (SSSR count). The average molecular weight is 367 g/mol. The number of nitrogens with zero attached hydrogens (tertiary/aromatic N) is 2. The lowest BCUT2D eigenvalue weighted by Crippen LogP contribution is -2.31. The number of carbonyl (C=O) groups excluding carboxylic acids is 1. The second kappa shape index (κ2) is 8.27. The van der Waals surface area contributed by atoms with Crippen LogP contribution in [0.5, 0.6) is 5.88 Å². The van der Waals surface area contributed by atoms with Crippen LogP contribution in [0, 0.1) is 5.82 Å². The molecule has 0 atom stereocenters. The fraction of sp³-hybridized carbons (Fsp3) is 0.150. The van der Waals surface area contributed by atoms with Gasteiger partial charge in [-0.15, -0.1) is 0 Å². The number of amides is 1. The molecule has 0 fully saturated rings. The van der Waals surface area contributed by atoms with Crippen LogP contribution in [-0.4, -0.2) is 22.3 Å². The molecule has 27 heavy (non-hydrogen) atoms. The zero-order valence-corrected chi connectivity index (χ0v) is 14.7. The quantitative estimate of drug-likeness (QED) is 0.727. The summed E-state index contributed by atoms with van der Waals surface area (Å²) in [7, 11) is 0. The first-order valence-electron chi connectivity index (χ1n) is 8.43. The normalized spacial score (nSPS) is 10.4. The molecule has 0 radical (unpaired) electrons. The molecule has 7 heteroatoms. The molecule has 138 valence electrons. The van der Waals surface area contributed by atoms with Crippen molar-refractivity contribution in [1.29, 1.82) is 0 Å². The van der Waals surface area contributed by atoms with E-state index >= 15 is 0 Å². The van der Waals surface area contributed by atoms with Gasteiger partial charge in [0.2, 0.25) is 11.3 Å². The first kappa shape index (κ1) is 18.3. The van der Waals surface area contributed by atoms with Gasteiger partial charge in [-0.2, -0.15) is 5.10 Å². The Kier molecular flexibility index (Phi) is 5.61. The Hall–Kier alpha value is -3.48. The monoisotopic (exact) mass is 367 g/mol. The van der Waals surface area contributed by atoms with Gasteiger partial charge < -0.3 is 10.1 Å². The maximum absolute atomic E-state index is 13.0. The molecule has 0 bridgehead atoms. The van der Waals surface area contributed by atoms with Crippen LogP contribution >= 0.6 is 0 Å². The second-order valence-electron chi connectivity index (χ2n) is 5.68. The van der Waals surface area contributed by atoms with Gasteiger partial charge in [-0.05, 0) is 36.8 Å². The number of aromatic nitrogens is 2. The molecule has 0 spiro atoms. The molecule has 0 aliphatic carbocycles. The van der Waals surface area contributed by atoms with Crippen molar-refractivity contribution >= 4 is 5.91 Å². The first-order valence-corrected chi connectivity index (χ1v) is 8.43. The number of benzene rings is 2. The van der Waals surface area contributed by atoms with Crippen LogP contribution in [0.15, 0.2) is 65.5 Å². The minimum absolute atomic E-state index is 0.152. The number of rotatable bonds is 6. The summed E-state index contributed by atoms with van der Waals surface area (Å²) < 4.78 is 19.9. The highest BCUT2D eigenvalue weighted by atomic mass is 19.1. The predicted molar refractivity (Wildman–Crippen MR) is 98.6 cm³/mol. The van der Waals surface area contributed by atoms with Crippen LogP contribution in [0.4, 0.5) is 4.39 Å². The third kappa shape index (κ3) is 4.38. The lowest BCUT2D eigenvalue weighted by molar-refractivity contribution is 0.0942. The summed E-state index contributed by atoms with van der Waals surface area (Å²) in [5.41, 5.74) is 0.583. The largest absolute Gasteiger partial charge is 0.478 e. The fourth-order valence-corrected chi connectivity index (χ4v) is 2.47. The van der Waals surface area contributed by atoms with E-state index in [2.05, 4.69) is 10.4 Å². The standard InChI is InChI=1S/C20H18FN3O3/c1-2-27-18-12-17(25)19(23-24(18)16-6-4-3-5-7-16)20(26)22-13-14-8-10-15(21)11-9-14/h3-12H,2,13H2,1H3,(H,22,26). The van der Waals surface area contributed by atoms with E-state index in [1.165, 1.54) is 22.9 Å². The third-order valence-electron chi connectivity index (χ3n) is 3.77. The number of carbonyl (C=O) groups is 1. The van der Waals surface area contributed by atoms with Crippen molar-refractivity contribution in [3.05, 3.63) is 88.0 Å². The van der Waals surface area contributed by atoms with E-state index < -0.39 is 11.3 Å². The summed E-state index contributed by atoms with van der Waals surface area (Å²) in [4.78, 5) is 24.8. The number of hydrogen-bond donors (Lipinski definition) is 1. The molecular weight excluding hydrogens is 349 g/mol. The number of ether oxygens (including phenoxy) is 1. The number of nitrogens with one attached hydrogen (secondary N) is 1. The van der Waals surface area contributed by atoms with Crippen molar-refractivity contribution < 1.29 is 13.9 Å². The fourth-order valence-electron chi connectivity index (χ4n) is 2.47. The zero-order valence-electron chi connectivity index (χ0n) is 14.7. The molecule has 1 N–H and O–H groups in total. The molecule has 1 heterocycles. The van der Waals surface area contributed by atoms with E-state index in [1.54, 1.807) is 31.2 Å². The molecule has 1 aromatic heterocycles. The lowest BCUT2D eigenvalue weighted by Gasteiger charge is -2.13. The maximum Gasteiger partial charge on any atom is 0.276 e. The van der Waals surface area contributed by atoms with Crippen LogP contribution in [-0.2, 0) is 6.54 Å². The molecule has 0 unspecified atom stereocenters. The zero-order chi connectivity index (χ0) is 19.2. The van der Waals surface area contributed by atoms with Gasteiger partial charge in [0.15, 0.2) is 5.69 Å². The summed E-state index contributed by atoms with van der Waals surface area (Å²) in [5, 5.41) is 6.82. The van der Waals surface area contributed by atoms with Gasteiger partial charge in [-0.1, -0.05) is 30.3 Å². The smallest absolute Gasteiger partial charge is 0.276 e. The van der Waals surface area contributed by atoms with Crippen molar-refractivity contribution in [3.8, 4) is 11.6 Å². The van der Waals surface area contributed by atoms with E-state index in [0.29, 0.717) is 17.9 Å². The summed E-state index contributed by atoms with van der Waals surface area (Å²) in [6.45, 7) is 2.30. The second-order valence-corrected chi connectivity index (χ2v) is 5.68. The third-order valence-corrected chi connectivity index (χ3v) is 3.77. The Labute approximate surface area is 155 Å². The minimum Gasteiger partial charge on any atom is -0.478 e. The summed E-state index contributed by atoms with van der Waals surface area (Å²) >= 11 is 0. The Morgan fingerprint density at radius 1 is 1.15 bits per heavy atom. The molecule has 0 saturated heterocycles. The molecule has 3 aromatic rings. The van der Waals surface area contributed by atoms with Crippen molar-refractivity contribution in [3.63, 3.8) is 0 Å². The first-order chi connectivity index (χ1) is 13.1. The van der Waals surface area contributed by atoms with Gasteiger partial charge in [0.25, 0.3) is 5.91 Å². The van der Waals surface area contributed by atoms with Crippen molar-refractivity contribution in [2.24, 2.45) is 0 Å². The SMILES string of the molecule is CCOc1cc(=O)c(C(=O)NCc2ccc(F)cc2)nn1-c1ccccc1. The molecule has 1 amide bonds. The van der Waals surface area contributed by atoms with E-state index in [4.69, 9.17) is 4.74 Å². The topological polar surface area (TPSA) is 73.2 Å². The van der Waals surface area contributed by atoms with Crippen LogP contribution in [0.2, 0.25) is 0 Å². The highest BCUT2D eigenvalue weighted by molar-refractivity contribution is 5.92. The summed E-state index contributed by atoms with van der Waals surface area (Å²) in [5.74, 6) is -0.718. The molecule has 0 aliphatic heterocycles. The van der Waals surface area contributed by atoms with Gasteiger partial charge in [0.1, 0.15) is 5.82 Å². The van der Waals surface area contributed by atoms with Gasteiger partial charge in [-0.25, -0.2) is 9.07 Å². The van der Waals surface area contributed by atoms with E-state index in [-0.39, 0.29) is 23.9 Å². The van der Waals surface area contributed by atoms with Crippen LogP contribution in [0.1, 0.15) is 23.0 Å². The molecular formula is C20H18FN3O3. The molecule has 0 aliphatic rings. The van der Waals surface area contributed by atoms with E-state index in [1.807, 2.05) is 18.2 Å². The van der Waals surface area contributed by atoms with Gasteiger partial charge in [-0.3, -0.25) is 9.59 Å². The van der Waals surface area contributed by atoms with Crippen molar-refractivity contribution in [2.45, 2.75) is 13.5 Å². The minimum atomic E-state index is -0.614. The number of para-hydroxylation sites is 1. The Bertz CT molecular complexity index is 986. The number of halogens is 1. The number of hydrogen-bond acceptors (Lipinski definition) is 4. The van der Waals surface area contributed by atoms with E-state index in [9.17, 15) is 14.0 Å². The van der Waals surface area contributed by atoms with Gasteiger partial charge in [0.05, 0.1) is 18.4 Å². The highest BCUT2D eigenvalue weighted by Crippen LogP contribution is 2.15. The molecule has 6 nitrogen and oxygen atoms in total. The van der Waals surface area contributed by atoms with Crippen molar-refractivity contribution in [1.82, 2.24) is 15.1 Å². The summed E-state index contributed by atoms with van der Waals surface area (Å²) in [6.07, 6.45) is 0. The summed E-state index contributed by atoms with van der Waals surface area (Å²) in [6, 6.07) is 16.0. The van der Waals surface area contributed by atoms with Crippen LogP contribution in [0.3, 0.4) is 0 Å². The Morgan fingerprint density at radius 2 is 1.85 bits per heavy atom. The van der Waals surface area contributed by atoms with Crippen LogP contribution in [0.25, 0.3) is 5.69 Å². The Balaban J connectivity index is 1.89. The van der Waals surface area contributed by atoms with Crippen molar-refractivity contribution in [2.75, 3.05) is 6.61 Å². The highest BCUT2D eigenvalue weighted by Gasteiger charge is 2.17. The Morgan fingerprint density at radius 3 is 2.52 bits per heavy atom. The molecule has 2 aromatic carbocycles. The molecule has 0 saturated carbocycles. The predicted octanol–water partition coefficient (Wildman–Crippen LogP) is 2.70. The lowest BCUT2D eigenvalue weighted by atomic mass is 10.2. The van der Waals surface area contributed by atoms with Gasteiger partial charge >= 0.3 is 0 Å². The van der Waals surface area contributed by atoms with Crippen LogP contribution < -0.4 is 15.5 Å². The maximum atomic E-state index is 13.0. The van der Waals surface area contributed by atoms with Gasteiger partial charge in [0, 0.05) is 6.54 Å². The van der Waals surface area contributed by atoms with E-state index in [0.717, 1.165) is 0 Å².